The second-order valence-corrected chi connectivity index (χ2v) is 9.49. The number of nitrogens with one attached hydrogen (secondary N) is 3. The number of aromatic nitrogens is 2. The minimum absolute atomic E-state index is 0.00916. The molecule has 0 bridgehead atoms. The van der Waals surface area contributed by atoms with Gasteiger partial charge in [-0.3, -0.25) is 9.78 Å². The first-order valence-electron chi connectivity index (χ1n) is 9.47. The van der Waals surface area contributed by atoms with Gasteiger partial charge in [0.15, 0.2) is 0 Å². The molecule has 1 atom stereocenters. The summed E-state index contributed by atoms with van der Waals surface area (Å²) in [6, 6.07) is 11.5. The summed E-state index contributed by atoms with van der Waals surface area (Å²) in [4.78, 5) is 28.0. The number of H-pyrrole nitrogens is 2. The van der Waals surface area contributed by atoms with Gasteiger partial charge in [0.25, 0.3) is 5.56 Å². The number of benzene rings is 2. The number of sulfonamides is 1. The SMILES string of the molecule is CC(C)c1ccc([C@@H](NS(=O)(=O)c2ccc3[nH]c(=O)[nH]c(=O)c3c2)C(C)C)cc1. The molecule has 0 aliphatic carbocycles. The lowest BCUT2D eigenvalue weighted by Crippen LogP contribution is -2.32. The monoisotopic (exact) mass is 415 g/mol. The molecule has 3 N–H and O–H groups in total. The molecule has 0 saturated heterocycles. The standard InChI is InChI=1S/C21H25N3O4S/c1-12(2)14-5-7-15(8-6-14)19(13(3)4)24-29(27,28)16-9-10-18-17(11-16)20(25)23-21(26)22-18/h5-13,19,24H,1-4H3,(H2,22,23,25,26)/t19-/m0/s1. The van der Waals surface area contributed by atoms with Crippen molar-refractivity contribution in [3.05, 3.63) is 74.4 Å². The highest BCUT2D eigenvalue weighted by Crippen LogP contribution is 2.26. The van der Waals surface area contributed by atoms with E-state index in [0.29, 0.717) is 5.92 Å². The van der Waals surface area contributed by atoms with Crippen molar-refractivity contribution in [2.45, 2.75) is 44.6 Å². The van der Waals surface area contributed by atoms with Gasteiger partial charge < -0.3 is 4.98 Å². The van der Waals surface area contributed by atoms with Gasteiger partial charge in [-0.1, -0.05) is 52.0 Å². The topological polar surface area (TPSA) is 112 Å². The van der Waals surface area contributed by atoms with Crippen molar-refractivity contribution in [3.63, 3.8) is 0 Å². The van der Waals surface area contributed by atoms with E-state index in [-0.39, 0.29) is 21.7 Å². The molecule has 0 amide bonds. The summed E-state index contributed by atoms with van der Waals surface area (Å²) >= 11 is 0. The van der Waals surface area contributed by atoms with Crippen LogP contribution in [0.5, 0.6) is 0 Å². The van der Waals surface area contributed by atoms with E-state index in [9.17, 15) is 18.0 Å². The van der Waals surface area contributed by atoms with Crippen molar-refractivity contribution in [3.8, 4) is 0 Å². The van der Waals surface area contributed by atoms with Crippen molar-refractivity contribution < 1.29 is 8.42 Å². The summed E-state index contributed by atoms with van der Waals surface area (Å²) in [5, 5.41) is 0.106. The third kappa shape index (κ3) is 4.49. The van der Waals surface area contributed by atoms with E-state index in [4.69, 9.17) is 0 Å². The molecule has 29 heavy (non-hydrogen) atoms. The fourth-order valence-electron chi connectivity index (χ4n) is 3.22. The molecule has 1 aromatic heterocycles. The van der Waals surface area contributed by atoms with Crippen molar-refractivity contribution in [1.29, 1.82) is 0 Å². The fraction of sp³-hybridized carbons (Fsp3) is 0.333. The lowest BCUT2D eigenvalue weighted by Gasteiger charge is -2.23. The Morgan fingerprint density at radius 1 is 0.862 bits per heavy atom. The molecule has 0 aliphatic rings. The number of rotatable bonds is 6. The van der Waals surface area contributed by atoms with Crippen LogP contribution in [-0.2, 0) is 10.0 Å². The fourth-order valence-corrected chi connectivity index (χ4v) is 4.62. The quantitative estimate of drug-likeness (QED) is 0.574. The predicted molar refractivity (Wildman–Crippen MR) is 114 cm³/mol. The smallest absolute Gasteiger partial charge is 0.307 e. The normalized spacial score (nSPS) is 13.3. The van der Waals surface area contributed by atoms with Crippen LogP contribution in [0.15, 0.2) is 56.9 Å². The van der Waals surface area contributed by atoms with E-state index in [1.807, 2.05) is 38.1 Å². The van der Waals surface area contributed by atoms with Gasteiger partial charge in [0.05, 0.1) is 15.8 Å². The molecule has 7 nitrogen and oxygen atoms in total. The molecule has 0 saturated carbocycles. The molecule has 0 fully saturated rings. The Bertz CT molecular complexity index is 1240. The summed E-state index contributed by atoms with van der Waals surface area (Å²) < 4.78 is 28.8. The zero-order valence-corrected chi connectivity index (χ0v) is 17.6. The first-order valence-corrected chi connectivity index (χ1v) is 11.0. The molecular weight excluding hydrogens is 390 g/mol. The summed E-state index contributed by atoms with van der Waals surface area (Å²) in [7, 11) is -3.89. The lowest BCUT2D eigenvalue weighted by molar-refractivity contribution is 0.463. The maximum absolute atomic E-state index is 13.0. The molecule has 3 rings (SSSR count). The van der Waals surface area contributed by atoms with Crippen molar-refractivity contribution >= 4 is 20.9 Å². The van der Waals surface area contributed by atoms with Gasteiger partial charge in [-0.2, -0.15) is 0 Å². The van der Waals surface area contributed by atoms with Crippen LogP contribution in [0.3, 0.4) is 0 Å². The first-order chi connectivity index (χ1) is 13.6. The Labute approximate surface area is 169 Å². The van der Waals surface area contributed by atoms with Gasteiger partial charge in [0, 0.05) is 6.04 Å². The first kappa shape index (κ1) is 21.0. The van der Waals surface area contributed by atoms with Crippen LogP contribution in [-0.4, -0.2) is 18.4 Å². The third-order valence-corrected chi connectivity index (χ3v) is 6.37. The van der Waals surface area contributed by atoms with Crippen molar-refractivity contribution in [2.75, 3.05) is 0 Å². The molecule has 0 radical (unpaired) electrons. The second kappa shape index (κ2) is 7.96. The van der Waals surface area contributed by atoms with Gasteiger partial charge in [0.1, 0.15) is 0 Å². The van der Waals surface area contributed by atoms with Gasteiger partial charge in [-0.05, 0) is 41.2 Å². The van der Waals surface area contributed by atoms with E-state index in [2.05, 4.69) is 28.5 Å². The van der Waals surface area contributed by atoms with E-state index < -0.39 is 27.3 Å². The van der Waals surface area contributed by atoms with E-state index in [0.717, 1.165) is 5.56 Å². The highest BCUT2D eigenvalue weighted by Gasteiger charge is 2.24. The Hall–Kier alpha value is -2.71. The van der Waals surface area contributed by atoms with Crippen molar-refractivity contribution in [1.82, 2.24) is 14.7 Å². The van der Waals surface area contributed by atoms with Crippen LogP contribution in [0.1, 0.15) is 50.8 Å². The molecule has 8 heteroatoms. The number of aromatic amines is 2. The van der Waals surface area contributed by atoms with Crippen LogP contribution >= 0.6 is 0 Å². The van der Waals surface area contributed by atoms with E-state index in [1.54, 1.807) is 0 Å². The molecule has 0 aliphatic heterocycles. The molecule has 0 spiro atoms. The van der Waals surface area contributed by atoms with Crippen LogP contribution < -0.4 is 16.0 Å². The minimum atomic E-state index is -3.89. The van der Waals surface area contributed by atoms with E-state index >= 15 is 0 Å². The predicted octanol–water partition coefficient (Wildman–Crippen LogP) is 3.02. The van der Waals surface area contributed by atoms with Crippen LogP contribution in [0, 0.1) is 5.92 Å². The largest absolute Gasteiger partial charge is 0.326 e. The van der Waals surface area contributed by atoms with E-state index in [1.165, 1.54) is 23.8 Å². The molecular formula is C21H25N3O4S. The maximum atomic E-state index is 13.0. The van der Waals surface area contributed by atoms with Gasteiger partial charge >= 0.3 is 5.69 Å². The highest BCUT2D eigenvalue weighted by molar-refractivity contribution is 7.89. The van der Waals surface area contributed by atoms with Crippen LogP contribution in [0.4, 0.5) is 0 Å². The van der Waals surface area contributed by atoms with Crippen LogP contribution in [0.2, 0.25) is 0 Å². The zero-order chi connectivity index (χ0) is 21.3. The summed E-state index contributed by atoms with van der Waals surface area (Å²) in [5.74, 6) is 0.398. The summed E-state index contributed by atoms with van der Waals surface area (Å²) in [6.07, 6.45) is 0. The number of hydrogen-bond acceptors (Lipinski definition) is 4. The average Bonchev–Trinajstić information content (AvgIpc) is 2.65. The Morgan fingerprint density at radius 2 is 1.48 bits per heavy atom. The second-order valence-electron chi connectivity index (χ2n) is 7.78. The number of fused-ring (bicyclic) bond motifs is 1. The lowest BCUT2D eigenvalue weighted by atomic mass is 9.94. The molecule has 1 heterocycles. The molecule has 0 unspecified atom stereocenters. The third-order valence-electron chi connectivity index (χ3n) is 4.93. The maximum Gasteiger partial charge on any atom is 0.326 e. The Kier molecular flexibility index (Phi) is 5.77. The van der Waals surface area contributed by atoms with Gasteiger partial charge in [-0.25, -0.2) is 17.9 Å². The summed E-state index contributed by atoms with van der Waals surface area (Å²) in [5.41, 5.74) is 1.06. The van der Waals surface area contributed by atoms with Crippen molar-refractivity contribution in [2.24, 2.45) is 5.92 Å². The Balaban J connectivity index is 1.98. The molecule has 154 valence electrons. The number of hydrogen-bond donors (Lipinski definition) is 3. The molecule has 3 aromatic rings. The van der Waals surface area contributed by atoms with Gasteiger partial charge in [0.2, 0.25) is 10.0 Å². The highest BCUT2D eigenvalue weighted by atomic mass is 32.2. The van der Waals surface area contributed by atoms with Crippen LogP contribution in [0.25, 0.3) is 10.9 Å². The van der Waals surface area contributed by atoms with Gasteiger partial charge in [-0.15, -0.1) is 0 Å². The molecule has 2 aromatic carbocycles. The zero-order valence-electron chi connectivity index (χ0n) is 16.8. The minimum Gasteiger partial charge on any atom is -0.307 e. The summed E-state index contributed by atoms with van der Waals surface area (Å²) in [6.45, 7) is 8.09. The average molecular weight is 416 g/mol. The Morgan fingerprint density at radius 3 is 2.07 bits per heavy atom.